The normalized spacial score (nSPS) is 22.0. The minimum Gasteiger partial charge on any atom is -0.481 e. The maximum absolute atomic E-state index is 15.2. The van der Waals surface area contributed by atoms with Gasteiger partial charge in [0, 0.05) is 108 Å². The first-order valence-electron chi connectivity index (χ1n) is 33.1. The number of carboxylic acids is 1. The molecule has 28 nitrogen and oxygen atoms in total. The van der Waals surface area contributed by atoms with Crippen molar-refractivity contribution in [3.63, 3.8) is 0 Å². The minimum atomic E-state index is -2.03. The van der Waals surface area contributed by atoms with Crippen LogP contribution < -0.4 is 54.0 Å². The highest BCUT2D eigenvalue weighted by Crippen LogP contribution is 2.28. The number of halogens is 2. The average Bonchev–Trinajstić information content (AvgIpc) is 1.62. The molecule has 2 aliphatic heterocycles. The number of nitrogens with one attached hydrogen (secondary N) is 11. The molecule has 1 fully saturated rings. The number of primary amides is 1. The fraction of sp³-hybridized carbons (Fsp3) is 0.377. The van der Waals surface area contributed by atoms with Crippen molar-refractivity contribution in [1.29, 1.82) is 0 Å². The number of benzene rings is 4. The third kappa shape index (κ3) is 20.3. The summed E-state index contributed by atoms with van der Waals surface area (Å²) in [5.41, 5.74) is 15.8. The third-order valence-electron chi connectivity index (χ3n) is 17.4. The number of aliphatic carboxylic acids is 1. The Morgan fingerprint density at radius 2 is 1.25 bits per heavy atom. The number of nitrogens with two attached hydrogens (primary N) is 2. The lowest BCUT2D eigenvalue weighted by Crippen LogP contribution is -2.61. The molecule has 0 radical (unpaired) electrons. The molecule has 0 spiro atoms. The molecular formula is C69H78F2N16O12S3. The summed E-state index contributed by atoms with van der Waals surface area (Å²) in [6.45, 7) is -0.383. The quantitative estimate of drug-likeness (QED) is 0.0656. The molecule has 6 heterocycles. The molecule has 2 bridgehead atoms. The highest BCUT2D eigenvalue weighted by Gasteiger charge is 2.41. The van der Waals surface area contributed by atoms with Crippen LogP contribution in [-0.2, 0) is 89.9 Å². The summed E-state index contributed by atoms with van der Waals surface area (Å²) < 4.78 is 30.6. The van der Waals surface area contributed by atoms with Crippen molar-refractivity contribution in [2.24, 2.45) is 11.5 Å². The molecule has 4 aromatic heterocycles. The molecule has 8 aromatic rings. The van der Waals surface area contributed by atoms with Gasteiger partial charge in [0.2, 0.25) is 59.1 Å². The van der Waals surface area contributed by atoms with Crippen LogP contribution in [0.15, 0.2) is 110 Å². The zero-order valence-corrected chi connectivity index (χ0v) is 57.6. The molecule has 4 aromatic carbocycles. The molecule has 0 unspecified atom stereocenters. The van der Waals surface area contributed by atoms with Crippen molar-refractivity contribution in [1.82, 2.24) is 72.4 Å². The smallest absolute Gasteiger partial charge is 0.305 e. The number of thiazole rings is 1. The molecule has 16 N–H and O–H groups in total. The van der Waals surface area contributed by atoms with Crippen LogP contribution in [0.5, 0.6) is 0 Å². The summed E-state index contributed by atoms with van der Waals surface area (Å²) in [5, 5.41) is 32.4. The number of imidazole rings is 1. The number of hydrogen-bond acceptors (Lipinski definition) is 17. The van der Waals surface area contributed by atoms with E-state index in [9.17, 15) is 47.4 Å². The largest absolute Gasteiger partial charge is 0.481 e. The van der Waals surface area contributed by atoms with Gasteiger partial charge in [-0.3, -0.25) is 52.7 Å². The molecule has 8 atom stereocenters. The van der Waals surface area contributed by atoms with Crippen LogP contribution in [0.1, 0.15) is 77.9 Å². The second-order valence-corrected chi connectivity index (χ2v) is 28.1. The summed E-state index contributed by atoms with van der Waals surface area (Å²) >= 11 is 4.06. The average molecular weight is 1460 g/mol. The Labute approximate surface area is 595 Å². The van der Waals surface area contributed by atoms with E-state index in [4.69, 9.17) is 16.5 Å². The number of fused-ring (bicyclic) bond motifs is 6. The highest BCUT2D eigenvalue weighted by atomic mass is 32.2. The van der Waals surface area contributed by atoms with E-state index in [2.05, 4.69) is 62.5 Å². The number of nitrogens with zero attached hydrogens (tertiary/aromatic N) is 3. The number of aromatic nitrogens is 5. The number of H-pyrrole nitrogens is 3. The standard InChI is InChI=1S/C69H78F2N16O12S3/c70-41-13-15-46-44(24-41)39(29-75-46)22-50-64(94)82-51(23-40-30-76-47-16-14-42(71)25-45(40)47)65(95)84-53(28-61(90)91)67(97)83-52(26-43-31-74-36-78-43)66(96)85-54(27-60-81-48-9-1-2-12-57(48)102-60)69(99)87-19-6-11-56(87)68(98)86-55(62(73)92)35-101-34-38-8-5-7-37(21-38)33-100-20-17-58(88)79-49(10-3-4-18-72)63(93)77-32-59(89)80-50/h1-2,5,7-9,12-16,21,24-25,29-31,36,49-56,75-76H,3-4,6,10-11,17-20,22-23,26-28,32-35,72H2,(H2,73,92)(H,74,78)(H,77,93)(H,79,88)(H,80,89)(H,82,94)(H,83,97)(H,84,95)(H,85,96)(H,86,98)(H,90,91)/t49-,50-,51-,52-,53-,54-,55-,56-/m0/s1. The Balaban J connectivity index is 0.980. The summed E-state index contributed by atoms with van der Waals surface area (Å²) in [4.78, 5) is 176. The third-order valence-corrected chi connectivity index (χ3v) is 20.5. The second-order valence-electron chi connectivity index (χ2n) is 24.9. The van der Waals surface area contributed by atoms with Crippen molar-refractivity contribution >= 4 is 132 Å². The molecule has 10 rings (SSSR count). The molecule has 0 saturated carbocycles. The number of carbonyl (C=O) groups is 11. The van der Waals surface area contributed by atoms with Crippen LogP contribution in [0.3, 0.4) is 0 Å². The first-order chi connectivity index (χ1) is 49.1. The molecule has 2 aliphatic rings. The van der Waals surface area contributed by atoms with Gasteiger partial charge in [-0.25, -0.2) is 18.7 Å². The fourth-order valence-corrected chi connectivity index (χ4v) is 15.1. The van der Waals surface area contributed by atoms with Gasteiger partial charge in [0.1, 0.15) is 60.0 Å². The fourth-order valence-electron chi connectivity index (χ4n) is 12.2. The number of aromatic amines is 3. The summed E-state index contributed by atoms with van der Waals surface area (Å²) in [7, 11) is 0. The monoisotopic (exact) mass is 1460 g/mol. The summed E-state index contributed by atoms with van der Waals surface area (Å²) in [6.07, 6.45) is 4.67. The zero-order chi connectivity index (χ0) is 72.4. The van der Waals surface area contributed by atoms with Gasteiger partial charge in [-0.05, 0) is 109 Å². The number of amides is 10. The van der Waals surface area contributed by atoms with Gasteiger partial charge in [-0.2, -0.15) is 23.5 Å². The first kappa shape index (κ1) is 74.4. The van der Waals surface area contributed by atoms with Crippen LogP contribution in [0.2, 0.25) is 0 Å². The predicted octanol–water partition coefficient (Wildman–Crippen LogP) is 2.69. The van der Waals surface area contributed by atoms with Crippen molar-refractivity contribution < 1.29 is 66.6 Å². The Hall–Kier alpha value is -10.3. The van der Waals surface area contributed by atoms with E-state index in [1.807, 2.05) is 30.3 Å². The number of carbonyl (C=O) groups excluding carboxylic acids is 10. The van der Waals surface area contributed by atoms with E-state index in [0.29, 0.717) is 75.6 Å². The van der Waals surface area contributed by atoms with E-state index in [-0.39, 0.29) is 67.5 Å². The molecular weight excluding hydrogens is 1380 g/mol. The van der Waals surface area contributed by atoms with Crippen LogP contribution in [0, 0.1) is 11.6 Å². The molecule has 10 amide bonds. The number of para-hydroxylation sites is 1. The Kier molecular flexibility index (Phi) is 25.8. The van der Waals surface area contributed by atoms with E-state index in [1.54, 1.807) is 18.2 Å². The minimum absolute atomic E-state index is 0.0149. The Morgan fingerprint density at radius 1 is 0.627 bits per heavy atom. The van der Waals surface area contributed by atoms with Crippen molar-refractivity contribution in [2.45, 2.75) is 130 Å². The van der Waals surface area contributed by atoms with Crippen LogP contribution in [-0.4, -0.2) is 179 Å². The van der Waals surface area contributed by atoms with Gasteiger partial charge < -0.3 is 79.0 Å². The summed E-state index contributed by atoms with van der Waals surface area (Å²) in [6, 6.07) is 10.5. The molecule has 0 aliphatic carbocycles. The second kappa shape index (κ2) is 35.4. The van der Waals surface area contributed by atoms with E-state index in [1.165, 1.54) is 101 Å². The van der Waals surface area contributed by atoms with Crippen molar-refractivity contribution in [3.05, 3.63) is 154 Å². The number of thioether (sulfide) groups is 2. The van der Waals surface area contributed by atoms with E-state index < -0.39 is 144 Å². The zero-order valence-electron chi connectivity index (χ0n) is 55.2. The topological polar surface area (TPSA) is 433 Å². The molecule has 538 valence electrons. The number of unbranched alkanes of at least 4 members (excludes halogenated alkanes) is 1. The predicted molar refractivity (Wildman–Crippen MR) is 379 cm³/mol. The van der Waals surface area contributed by atoms with Gasteiger partial charge in [0.05, 0.1) is 34.5 Å². The van der Waals surface area contributed by atoms with Crippen molar-refractivity contribution in [2.75, 3.05) is 31.1 Å². The lowest BCUT2D eigenvalue weighted by atomic mass is 10.0. The maximum atomic E-state index is 15.2. The van der Waals surface area contributed by atoms with E-state index >= 15 is 19.2 Å². The van der Waals surface area contributed by atoms with Gasteiger partial charge in [-0.1, -0.05) is 36.4 Å². The van der Waals surface area contributed by atoms with Crippen LogP contribution in [0.4, 0.5) is 8.78 Å². The Morgan fingerprint density at radius 3 is 1.88 bits per heavy atom. The molecule has 102 heavy (non-hydrogen) atoms. The lowest BCUT2D eigenvalue weighted by molar-refractivity contribution is -0.143. The van der Waals surface area contributed by atoms with Gasteiger partial charge >= 0.3 is 5.97 Å². The maximum Gasteiger partial charge on any atom is 0.305 e. The number of carboxylic acid groups (broad SMARTS) is 1. The molecule has 33 heteroatoms. The lowest BCUT2D eigenvalue weighted by Gasteiger charge is -2.30. The van der Waals surface area contributed by atoms with Gasteiger partial charge in [-0.15, -0.1) is 11.3 Å². The van der Waals surface area contributed by atoms with Gasteiger partial charge in [0.25, 0.3) is 0 Å². The Bertz CT molecular complexity index is 4350. The van der Waals surface area contributed by atoms with Crippen LogP contribution in [0.25, 0.3) is 32.0 Å². The number of hydrogen-bond donors (Lipinski definition) is 14. The number of rotatable bonds is 15. The van der Waals surface area contributed by atoms with Crippen LogP contribution >= 0.6 is 34.9 Å². The van der Waals surface area contributed by atoms with Crippen molar-refractivity contribution in [3.8, 4) is 0 Å². The summed E-state index contributed by atoms with van der Waals surface area (Å²) in [5.74, 6) is -10.3. The van der Waals surface area contributed by atoms with Gasteiger partial charge in [0.15, 0.2) is 0 Å². The van der Waals surface area contributed by atoms with E-state index in [0.717, 1.165) is 15.8 Å². The first-order valence-corrected chi connectivity index (χ1v) is 36.2. The molecule has 1 saturated heterocycles. The SMILES string of the molecule is NCCCC[C@@H]1NC(=O)CCSCc2cccc(c2)CSC[C@@H](C(N)=O)NC(=O)[C@@H]2CCCN2C(=O)[C@H](Cc2nc3ccccc3s2)NC(=O)[C@H](Cc2cnc[nH]2)NC(=O)[C@H](CC(=O)O)NC(=O)[C@H](Cc2c[nH]c3ccc(F)cc23)NC(=O)[C@H](Cc2c[nH]c3ccc(F)cc23)NC(=O)CNC1=O. The highest BCUT2D eigenvalue weighted by molar-refractivity contribution is 7.98.